The highest BCUT2D eigenvalue weighted by Crippen LogP contribution is 2.26. The molecule has 0 unspecified atom stereocenters. The summed E-state index contributed by atoms with van der Waals surface area (Å²) in [7, 11) is 0. The van der Waals surface area contributed by atoms with Crippen LogP contribution in [0.1, 0.15) is 24.0 Å². The summed E-state index contributed by atoms with van der Waals surface area (Å²) in [6.45, 7) is 8.52. The maximum Gasteiger partial charge on any atom is 0.119 e. The Morgan fingerprint density at radius 1 is 1.18 bits per heavy atom. The first kappa shape index (κ1) is 12.9. The summed E-state index contributed by atoms with van der Waals surface area (Å²) in [4.78, 5) is 2.47. The van der Waals surface area contributed by atoms with E-state index in [2.05, 4.69) is 46.8 Å². The number of rotatable bonds is 4. The number of ether oxygens (including phenoxy) is 1. The van der Waals surface area contributed by atoms with Crippen LogP contribution in [0.25, 0.3) is 0 Å². The molecule has 17 heavy (non-hydrogen) atoms. The van der Waals surface area contributed by atoms with Crippen LogP contribution < -0.4 is 4.74 Å². The summed E-state index contributed by atoms with van der Waals surface area (Å²) in [5, 5.41) is 0. The van der Waals surface area contributed by atoms with Gasteiger partial charge in [0.25, 0.3) is 0 Å². The molecule has 0 amide bonds. The Morgan fingerprint density at radius 2 is 1.76 bits per heavy atom. The van der Waals surface area contributed by atoms with Gasteiger partial charge in [0.1, 0.15) is 12.4 Å². The van der Waals surface area contributed by atoms with Gasteiger partial charge in [-0.25, -0.2) is 0 Å². The van der Waals surface area contributed by atoms with E-state index in [9.17, 15) is 0 Å². The van der Waals surface area contributed by atoms with Crippen LogP contribution in [0.15, 0.2) is 16.6 Å². The molecule has 0 spiro atoms. The van der Waals surface area contributed by atoms with Gasteiger partial charge in [-0.05, 0) is 63.0 Å². The second kappa shape index (κ2) is 5.87. The predicted octanol–water partition coefficient (Wildman–Crippen LogP) is 3.54. The fourth-order valence-electron chi connectivity index (χ4n) is 2.29. The maximum absolute atomic E-state index is 5.82. The van der Waals surface area contributed by atoms with Gasteiger partial charge in [0.05, 0.1) is 0 Å². The minimum Gasteiger partial charge on any atom is -0.492 e. The van der Waals surface area contributed by atoms with Crippen LogP contribution in [0.2, 0.25) is 0 Å². The van der Waals surface area contributed by atoms with E-state index in [1.54, 1.807) is 0 Å². The summed E-state index contributed by atoms with van der Waals surface area (Å²) >= 11 is 3.57. The van der Waals surface area contributed by atoms with Crippen LogP contribution in [-0.2, 0) is 0 Å². The minimum atomic E-state index is 0.792. The fraction of sp³-hybridized carbons (Fsp3) is 0.571. The summed E-state index contributed by atoms with van der Waals surface area (Å²) in [6.07, 6.45) is 2.69. The Morgan fingerprint density at radius 3 is 2.35 bits per heavy atom. The van der Waals surface area contributed by atoms with Gasteiger partial charge in [-0.2, -0.15) is 0 Å². The molecular formula is C14H20BrNO. The Hall–Kier alpha value is -0.540. The first-order valence-corrected chi connectivity index (χ1v) is 7.08. The lowest BCUT2D eigenvalue weighted by Gasteiger charge is -2.15. The molecule has 2 rings (SSSR count). The average Bonchev–Trinajstić information content (AvgIpc) is 2.79. The molecule has 0 N–H and O–H groups in total. The molecule has 0 aromatic heterocycles. The third-order valence-electron chi connectivity index (χ3n) is 3.28. The topological polar surface area (TPSA) is 12.5 Å². The molecule has 1 aliphatic rings. The van der Waals surface area contributed by atoms with Gasteiger partial charge in [0, 0.05) is 11.0 Å². The van der Waals surface area contributed by atoms with Crippen molar-refractivity contribution in [2.24, 2.45) is 0 Å². The molecule has 3 heteroatoms. The van der Waals surface area contributed by atoms with Crippen LogP contribution in [-0.4, -0.2) is 31.1 Å². The maximum atomic E-state index is 5.82. The van der Waals surface area contributed by atoms with Crippen molar-refractivity contribution in [3.05, 3.63) is 27.7 Å². The predicted molar refractivity (Wildman–Crippen MR) is 74.8 cm³/mol. The van der Waals surface area contributed by atoms with Crippen LogP contribution in [0.3, 0.4) is 0 Å². The molecule has 1 aromatic carbocycles. The van der Waals surface area contributed by atoms with Gasteiger partial charge in [-0.1, -0.05) is 15.9 Å². The van der Waals surface area contributed by atoms with E-state index in [0.717, 1.165) is 18.9 Å². The van der Waals surface area contributed by atoms with Crippen molar-refractivity contribution >= 4 is 15.9 Å². The number of hydrogen-bond acceptors (Lipinski definition) is 2. The van der Waals surface area contributed by atoms with Gasteiger partial charge >= 0.3 is 0 Å². The molecule has 1 aromatic rings. The Labute approximate surface area is 112 Å². The highest BCUT2D eigenvalue weighted by molar-refractivity contribution is 9.10. The Kier molecular flexibility index (Phi) is 4.46. The van der Waals surface area contributed by atoms with Crippen molar-refractivity contribution in [1.29, 1.82) is 0 Å². The van der Waals surface area contributed by atoms with Crippen LogP contribution in [0.4, 0.5) is 0 Å². The van der Waals surface area contributed by atoms with E-state index >= 15 is 0 Å². The molecule has 1 heterocycles. The molecule has 0 aliphatic carbocycles. The van der Waals surface area contributed by atoms with E-state index in [1.807, 2.05) is 0 Å². The Bertz CT molecular complexity index is 363. The zero-order chi connectivity index (χ0) is 12.3. The minimum absolute atomic E-state index is 0.792. The molecule has 2 nitrogen and oxygen atoms in total. The zero-order valence-corrected chi connectivity index (χ0v) is 12.2. The molecule has 0 radical (unpaired) electrons. The quantitative estimate of drug-likeness (QED) is 0.843. The first-order valence-electron chi connectivity index (χ1n) is 6.29. The van der Waals surface area contributed by atoms with Crippen LogP contribution in [0.5, 0.6) is 5.75 Å². The largest absolute Gasteiger partial charge is 0.492 e. The fourth-order valence-corrected chi connectivity index (χ4v) is 2.52. The van der Waals surface area contributed by atoms with Gasteiger partial charge in [0.2, 0.25) is 0 Å². The van der Waals surface area contributed by atoms with Crippen molar-refractivity contribution in [2.45, 2.75) is 26.7 Å². The number of hydrogen-bond donors (Lipinski definition) is 0. The third kappa shape index (κ3) is 3.46. The first-order chi connectivity index (χ1) is 8.16. The second-order valence-electron chi connectivity index (χ2n) is 4.77. The smallest absolute Gasteiger partial charge is 0.119 e. The number of likely N-dealkylation sites (tertiary alicyclic amines) is 1. The van der Waals surface area contributed by atoms with Gasteiger partial charge in [0.15, 0.2) is 0 Å². The van der Waals surface area contributed by atoms with E-state index in [0.29, 0.717) is 0 Å². The molecular weight excluding hydrogens is 278 g/mol. The lowest BCUT2D eigenvalue weighted by atomic mass is 10.1. The normalized spacial score (nSPS) is 16.4. The van der Waals surface area contributed by atoms with Crippen LogP contribution in [0, 0.1) is 13.8 Å². The summed E-state index contributed by atoms with van der Waals surface area (Å²) in [5.41, 5.74) is 2.47. The van der Waals surface area contributed by atoms with E-state index in [-0.39, 0.29) is 0 Å². The molecule has 94 valence electrons. The van der Waals surface area contributed by atoms with Crippen molar-refractivity contribution < 1.29 is 4.74 Å². The molecule has 0 bridgehead atoms. The molecule has 0 saturated carbocycles. The molecule has 1 saturated heterocycles. The second-order valence-corrected chi connectivity index (χ2v) is 5.56. The highest BCUT2D eigenvalue weighted by atomic mass is 79.9. The van der Waals surface area contributed by atoms with Crippen molar-refractivity contribution in [2.75, 3.05) is 26.2 Å². The standard InChI is InChI=1S/C14H20BrNO/c1-11-9-13(10-12(2)14(11)15)17-8-7-16-5-3-4-6-16/h9-10H,3-8H2,1-2H3. The lowest BCUT2D eigenvalue weighted by Crippen LogP contribution is -2.25. The van der Waals surface area contributed by atoms with Crippen molar-refractivity contribution in [1.82, 2.24) is 4.90 Å². The summed E-state index contributed by atoms with van der Waals surface area (Å²) in [5.74, 6) is 0.988. The van der Waals surface area contributed by atoms with E-state index in [1.165, 1.54) is 41.5 Å². The Balaban J connectivity index is 1.86. The van der Waals surface area contributed by atoms with Gasteiger partial charge < -0.3 is 4.74 Å². The average molecular weight is 298 g/mol. The molecule has 0 atom stereocenters. The van der Waals surface area contributed by atoms with Gasteiger partial charge in [-0.3, -0.25) is 4.90 Å². The number of benzene rings is 1. The number of aryl methyl sites for hydroxylation is 2. The van der Waals surface area contributed by atoms with Crippen LogP contribution >= 0.6 is 15.9 Å². The zero-order valence-electron chi connectivity index (χ0n) is 10.6. The van der Waals surface area contributed by atoms with E-state index < -0.39 is 0 Å². The number of halogens is 1. The highest BCUT2D eigenvalue weighted by Gasteiger charge is 2.11. The third-order valence-corrected chi connectivity index (χ3v) is 4.54. The molecule has 1 fully saturated rings. The van der Waals surface area contributed by atoms with E-state index in [4.69, 9.17) is 4.74 Å². The summed E-state index contributed by atoms with van der Waals surface area (Å²) < 4.78 is 7.01. The monoisotopic (exact) mass is 297 g/mol. The lowest BCUT2D eigenvalue weighted by molar-refractivity contribution is 0.237. The van der Waals surface area contributed by atoms with Crippen molar-refractivity contribution in [3.8, 4) is 5.75 Å². The molecule has 1 aliphatic heterocycles. The van der Waals surface area contributed by atoms with Crippen molar-refractivity contribution in [3.63, 3.8) is 0 Å². The summed E-state index contributed by atoms with van der Waals surface area (Å²) in [6, 6.07) is 4.20. The number of nitrogens with zero attached hydrogens (tertiary/aromatic N) is 1. The SMILES string of the molecule is Cc1cc(OCCN2CCCC2)cc(C)c1Br. The van der Waals surface area contributed by atoms with Gasteiger partial charge in [-0.15, -0.1) is 0 Å².